The predicted molar refractivity (Wildman–Crippen MR) is 85.4 cm³/mol. The third kappa shape index (κ3) is 2.48. The van der Waals surface area contributed by atoms with Gasteiger partial charge in [-0.1, -0.05) is 0 Å². The average Bonchev–Trinajstić information content (AvgIpc) is 3.02. The Morgan fingerprint density at radius 3 is 3.04 bits per heavy atom. The summed E-state index contributed by atoms with van der Waals surface area (Å²) in [4.78, 5) is 28.8. The summed E-state index contributed by atoms with van der Waals surface area (Å²) in [5, 5.41) is 0. The van der Waals surface area contributed by atoms with Crippen LogP contribution in [0.5, 0.6) is 5.75 Å². The number of likely N-dealkylation sites (tertiary alicyclic amines) is 2. The molecule has 1 aromatic carbocycles. The molecule has 2 amide bonds. The molecule has 2 atom stereocenters. The van der Waals surface area contributed by atoms with Crippen LogP contribution in [-0.2, 0) is 11.2 Å². The Bertz CT molecular complexity index is 658. The van der Waals surface area contributed by atoms with Crippen molar-refractivity contribution in [2.24, 2.45) is 11.8 Å². The van der Waals surface area contributed by atoms with Crippen molar-refractivity contribution in [2.45, 2.75) is 19.3 Å². The Labute approximate surface area is 136 Å². The number of piperidine rings is 1. The highest BCUT2D eigenvalue weighted by atomic mass is 16.5. The number of rotatable bonds is 1. The average molecular weight is 314 g/mol. The van der Waals surface area contributed by atoms with Gasteiger partial charge in [0.25, 0.3) is 5.91 Å². The summed E-state index contributed by atoms with van der Waals surface area (Å²) in [6.07, 6.45) is 2.96. The summed E-state index contributed by atoms with van der Waals surface area (Å²) >= 11 is 0. The summed E-state index contributed by atoms with van der Waals surface area (Å²) in [7, 11) is 1.85. The zero-order valence-corrected chi connectivity index (χ0v) is 13.5. The number of nitrogens with zero attached hydrogens (tertiary/aromatic N) is 2. The van der Waals surface area contributed by atoms with Crippen LogP contribution in [-0.4, -0.2) is 54.9 Å². The molecule has 2 fully saturated rings. The van der Waals surface area contributed by atoms with Crippen molar-refractivity contribution in [3.05, 3.63) is 29.3 Å². The van der Waals surface area contributed by atoms with Gasteiger partial charge in [0, 0.05) is 32.2 Å². The molecule has 0 bridgehead atoms. The van der Waals surface area contributed by atoms with Crippen molar-refractivity contribution in [1.29, 1.82) is 0 Å². The van der Waals surface area contributed by atoms with E-state index in [1.165, 1.54) is 0 Å². The molecule has 3 aliphatic heterocycles. The molecule has 4 rings (SSSR count). The highest BCUT2D eigenvalue weighted by molar-refractivity contribution is 5.95. The van der Waals surface area contributed by atoms with Crippen LogP contribution < -0.4 is 4.74 Å². The molecule has 0 spiro atoms. The molecule has 0 aliphatic carbocycles. The van der Waals surface area contributed by atoms with Crippen molar-refractivity contribution >= 4 is 11.8 Å². The number of carbonyl (C=O) groups excluding carboxylic acids is 2. The molecule has 5 heteroatoms. The number of ether oxygens (including phenoxy) is 1. The fourth-order valence-corrected chi connectivity index (χ4v) is 4.04. The zero-order valence-electron chi connectivity index (χ0n) is 13.5. The summed E-state index contributed by atoms with van der Waals surface area (Å²) in [6, 6.07) is 5.72. The van der Waals surface area contributed by atoms with Gasteiger partial charge in [0.1, 0.15) is 5.75 Å². The lowest BCUT2D eigenvalue weighted by Gasteiger charge is -2.30. The highest BCUT2D eigenvalue weighted by Crippen LogP contribution is 2.33. The van der Waals surface area contributed by atoms with E-state index in [4.69, 9.17) is 4.74 Å². The number of amides is 2. The molecular formula is C18H22N2O3. The maximum atomic E-state index is 12.8. The first kappa shape index (κ1) is 14.5. The van der Waals surface area contributed by atoms with Gasteiger partial charge >= 0.3 is 0 Å². The fourth-order valence-electron chi connectivity index (χ4n) is 4.04. The topological polar surface area (TPSA) is 49.9 Å². The van der Waals surface area contributed by atoms with Crippen molar-refractivity contribution in [1.82, 2.24) is 9.80 Å². The lowest BCUT2D eigenvalue weighted by atomic mass is 9.88. The molecule has 0 radical (unpaired) electrons. The molecule has 0 aromatic heterocycles. The van der Waals surface area contributed by atoms with Crippen LogP contribution in [0.1, 0.15) is 28.8 Å². The number of carbonyl (C=O) groups is 2. The zero-order chi connectivity index (χ0) is 16.0. The molecule has 23 heavy (non-hydrogen) atoms. The van der Waals surface area contributed by atoms with Crippen molar-refractivity contribution in [3.8, 4) is 5.75 Å². The standard InChI is InChI=1S/C18H22N2O3/c1-19-7-6-14-10-20(11-15(14)18(19)22)17(21)13-4-5-16-12(9-13)3-2-8-23-16/h4-5,9,14-15H,2-3,6-8,10-11H2,1H3/t14-,15+/m1/s1. The Hall–Kier alpha value is -2.04. The van der Waals surface area contributed by atoms with E-state index < -0.39 is 0 Å². The first-order valence-corrected chi connectivity index (χ1v) is 8.43. The molecule has 3 aliphatic rings. The lowest BCUT2D eigenvalue weighted by molar-refractivity contribution is -0.137. The Morgan fingerprint density at radius 2 is 2.17 bits per heavy atom. The molecule has 1 aromatic rings. The van der Waals surface area contributed by atoms with Crippen LogP contribution >= 0.6 is 0 Å². The number of benzene rings is 1. The largest absolute Gasteiger partial charge is 0.493 e. The van der Waals surface area contributed by atoms with E-state index in [9.17, 15) is 9.59 Å². The molecule has 0 N–H and O–H groups in total. The Morgan fingerprint density at radius 1 is 1.30 bits per heavy atom. The second-order valence-electron chi connectivity index (χ2n) is 6.90. The predicted octanol–water partition coefficient (Wildman–Crippen LogP) is 1.56. The summed E-state index contributed by atoms with van der Waals surface area (Å²) < 4.78 is 5.61. The molecule has 0 saturated carbocycles. The first-order chi connectivity index (χ1) is 11.1. The van der Waals surface area contributed by atoms with Crippen LogP contribution in [0.2, 0.25) is 0 Å². The van der Waals surface area contributed by atoms with E-state index in [1.54, 1.807) is 4.90 Å². The molecular weight excluding hydrogens is 292 g/mol. The third-order valence-electron chi connectivity index (χ3n) is 5.41. The van der Waals surface area contributed by atoms with E-state index in [2.05, 4.69) is 0 Å². The van der Waals surface area contributed by atoms with Gasteiger partial charge in [0.15, 0.2) is 0 Å². The van der Waals surface area contributed by atoms with E-state index in [0.29, 0.717) is 24.6 Å². The third-order valence-corrected chi connectivity index (χ3v) is 5.41. The van der Waals surface area contributed by atoms with Crippen LogP contribution in [0.25, 0.3) is 0 Å². The Balaban J connectivity index is 1.53. The van der Waals surface area contributed by atoms with Crippen LogP contribution in [0.3, 0.4) is 0 Å². The van der Waals surface area contributed by atoms with Gasteiger partial charge in [-0.25, -0.2) is 0 Å². The molecule has 2 saturated heterocycles. The van der Waals surface area contributed by atoms with Crippen molar-refractivity contribution < 1.29 is 14.3 Å². The number of hydrogen-bond acceptors (Lipinski definition) is 3. The number of hydrogen-bond donors (Lipinski definition) is 0. The molecule has 3 heterocycles. The van der Waals surface area contributed by atoms with E-state index in [-0.39, 0.29) is 17.7 Å². The molecule has 5 nitrogen and oxygen atoms in total. The van der Waals surface area contributed by atoms with Gasteiger partial charge in [0.2, 0.25) is 5.91 Å². The SMILES string of the molecule is CN1CC[C@@H]2CN(C(=O)c3ccc4c(c3)CCCO4)C[C@@H]2C1=O. The quantitative estimate of drug-likeness (QED) is 0.790. The molecule has 122 valence electrons. The first-order valence-electron chi connectivity index (χ1n) is 8.43. The van der Waals surface area contributed by atoms with E-state index >= 15 is 0 Å². The minimum absolute atomic E-state index is 0.0151. The summed E-state index contributed by atoms with van der Waals surface area (Å²) in [5.74, 6) is 1.44. The van der Waals surface area contributed by atoms with Gasteiger partial charge in [0.05, 0.1) is 12.5 Å². The summed E-state index contributed by atoms with van der Waals surface area (Å²) in [6.45, 7) is 2.82. The minimum Gasteiger partial charge on any atom is -0.493 e. The summed E-state index contributed by atoms with van der Waals surface area (Å²) in [5.41, 5.74) is 1.84. The normalized spacial score (nSPS) is 26.6. The van der Waals surface area contributed by atoms with Crippen molar-refractivity contribution in [2.75, 3.05) is 33.3 Å². The van der Waals surface area contributed by atoms with Gasteiger partial charge in [-0.2, -0.15) is 0 Å². The number of aryl methyl sites for hydroxylation is 1. The second kappa shape index (κ2) is 5.55. The van der Waals surface area contributed by atoms with E-state index in [0.717, 1.165) is 43.7 Å². The Kier molecular flexibility index (Phi) is 3.51. The minimum atomic E-state index is -0.0151. The smallest absolute Gasteiger partial charge is 0.253 e. The monoisotopic (exact) mass is 314 g/mol. The van der Waals surface area contributed by atoms with Crippen molar-refractivity contribution in [3.63, 3.8) is 0 Å². The van der Waals surface area contributed by atoms with Gasteiger partial charge in [-0.15, -0.1) is 0 Å². The lowest BCUT2D eigenvalue weighted by Crippen LogP contribution is -2.42. The highest BCUT2D eigenvalue weighted by Gasteiger charge is 2.43. The van der Waals surface area contributed by atoms with Crippen LogP contribution in [0, 0.1) is 11.8 Å². The van der Waals surface area contributed by atoms with E-state index in [1.807, 2.05) is 30.1 Å². The van der Waals surface area contributed by atoms with Gasteiger partial charge in [-0.05, 0) is 48.9 Å². The number of fused-ring (bicyclic) bond motifs is 2. The van der Waals surface area contributed by atoms with Gasteiger partial charge in [-0.3, -0.25) is 9.59 Å². The molecule has 0 unspecified atom stereocenters. The fraction of sp³-hybridized carbons (Fsp3) is 0.556. The second-order valence-corrected chi connectivity index (χ2v) is 6.90. The maximum Gasteiger partial charge on any atom is 0.253 e. The van der Waals surface area contributed by atoms with Crippen LogP contribution in [0.15, 0.2) is 18.2 Å². The van der Waals surface area contributed by atoms with Crippen LogP contribution in [0.4, 0.5) is 0 Å². The van der Waals surface area contributed by atoms with Gasteiger partial charge < -0.3 is 14.5 Å². The maximum absolute atomic E-state index is 12.8.